The average molecular weight is 827 g/mol. The van der Waals surface area contributed by atoms with Crippen LogP contribution >= 0.6 is 31.9 Å². The normalized spacial score (nSPS) is 11.0. The van der Waals surface area contributed by atoms with E-state index in [1.807, 2.05) is 39.7 Å². The number of hydrogen-bond acceptors (Lipinski definition) is 7. The number of aromatic nitrogens is 2. The van der Waals surface area contributed by atoms with Gasteiger partial charge >= 0.3 is 41.5 Å². The van der Waals surface area contributed by atoms with E-state index < -0.39 is 22.1 Å². The summed E-state index contributed by atoms with van der Waals surface area (Å²) in [5.74, 6) is -1.26. The molecule has 2 heterocycles. The summed E-state index contributed by atoms with van der Waals surface area (Å²) >= 11 is 6.98. The van der Waals surface area contributed by atoms with Crippen molar-refractivity contribution in [3.63, 3.8) is 0 Å². The van der Waals surface area contributed by atoms with E-state index in [0.29, 0.717) is 36.7 Å². The Hall–Kier alpha value is -1.31. The summed E-state index contributed by atoms with van der Waals surface area (Å²) in [5, 5.41) is 18.2. The number of carboxylic acid groups (broad SMARTS) is 1. The number of aromatic carboxylic acids is 1. The van der Waals surface area contributed by atoms with Crippen LogP contribution in [0.15, 0.2) is 57.7 Å². The Labute approximate surface area is 318 Å². The van der Waals surface area contributed by atoms with Crippen LogP contribution in [0.5, 0.6) is 0 Å². The maximum atomic E-state index is 12.0. The van der Waals surface area contributed by atoms with Gasteiger partial charge in [0.05, 0.1) is 29.3 Å². The molecule has 3 N–H and O–H groups in total. The first-order chi connectivity index (χ1) is 21.1. The second-order valence-corrected chi connectivity index (χ2v) is 25.7. The number of carbonyl (C=O) groups excluding carboxylic acids is 1. The number of carboxylic acids is 1. The zero-order chi connectivity index (χ0) is 33.9. The van der Waals surface area contributed by atoms with Gasteiger partial charge in [-0.3, -0.25) is 0 Å². The van der Waals surface area contributed by atoms with Crippen LogP contribution in [0.25, 0.3) is 21.8 Å². The van der Waals surface area contributed by atoms with Gasteiger partial charge in [-0.25, -0.2) is 9.59 Å². The van der Waals surface area contributed by atoms with Crippen LogP contribution in [0.2, 0.25) is 51.4 Å². The number of halogens is 2. The Balaban J connectivity index is 0.000000823. The monoisotopic (exact) mass is 824 g/mol. The fourth-order valence-electron chi connectivity index (χ4n) is 4.33. The summed E-state index contributed by atoms with van der Waals surface area (Å²) in [5.41, 5.74) is 2.39. The Kier molecular flexibility index (Phi) is 20.4. The van der Waals surface area contributed by atoms with Gasteiger partial charge in [-0.2, -0.15) is 0 Å². The minimum atomic E-state index is -1.11. The third-order valence-electron chi connectivity index (χ3n) is 6.83. The molecule has 0 bridgehead atoms. The molecule has 256 valence electrons. The molecule has 0 spiro atoms. The Morgan fingerprint density at radius 3 is 1.47 bits per heavy atom. The Bertz CT molecular complexity index is 1580. The molecule has 0 aliphatic rings. The molecule has 2 aromatic carbocycles. The molecule has 0 aliphatic heterocycles. The molecule has 0 atom stereocenters. The number of carbonyl (C=O) groups is 2. The van der Waals surface area contributed by atoms with Gasteiger partial charge in [-0.05, 0) is 48.5 Å². The maximum Gasteiger partial charge on any atom is 1.00 e. The maximum absolute atomic E-state index is 12.0. The summed E-state index contributed by atoms with van der Waals surface area (Å²) in [6, 6.07) is 13.1. The van der Waals surface area contributed by atoms with E-state index in [-0.39, 0.29) is 41.0 Å². The van der Waals surface area contributed by atoms with E-state index in [9.17, 15) is 14.7 Å². The number of nitrogens with zero attached hydrogens (tertiary/aromatic N) is 2. The minimum absolute atomic E-state index is 0. The van der Waals surface area contributed by atoms with Gasteiger partial charge in [-0.15, -0.1) is 0 Å². The first-order valence-corrected chi connectivity index (χ1v) is 23.6. The van der Waals surface area contributed by atoms with E-state index in [4.69, 9.17) is 19.3 Å². The van der Waals surface area contributed by atoms with Crippen molar-refractivity contribution in [2.75, 3.05) is 27.4 Å². The number of ether oxygens (including phenoxy) is 3. The first-order valence-electron chi connectivity index (χ1n) is 14.6. The number of aliphatic hydroxyl groups excluding tert-OH is 1. The summed E-state index contributed by atoms with van der Waals surface area (Å²) in [6.07, 6.45) is 3.81. The van der Waals surface area contributed by atoms with Gasteiger partial charge in [0.25, 0.3) is 0 Å². The van der Waals surface area contributed by atoms with Crippen LogP contribution in [0.3, 0.4) is 0 Å². The third-order valence-corrected chi connectivity index (χ3v) is 11.6. The predicted molar refractivity (Wildman–Crippen MR) is 196 cm³/mol. The molecular weight excluding hydrogens is 779 g/mol. The zero-order valence-corrected chi connectivity index (χ0v) is 36.1. The van der Waals surface area contributed by atoms with Gasteiger partial charge in [0.15, 0.2) is 0 Å². The van der Waals surface area contributed by atoms with Gasteiger partial charge in [0.2, 0.25) is 0 Å². The second-order valence-electron chi connectivity index (χ2n) is 12.8. The van der Waals surface area contributed by atoms with Crippen molar-refractivity contribution in [2.45, 2.75) is 64.8 Å². The fourth-order valence-corrected chi connectivity index (χ4v) is 6.74. The summed E-state index contributed by atoms with van der Waals surface area (Å²) < 4.78 is 22.1. The smallest absolute Gasteiger partial charge is 0.870 e. The molecule has 15 heteroatoms. The number of rotatable bonds is 12. The van der Waals surface area contributed by atoms with Crippen molar-refractivity contribution in [2.24, 2.45) is 0 Å². The summed E-state index contributed by atoms with van der Waals surface area (Å²) in [6.45, 7) is 16.2. The van der Waals surface area contributed by atoms with Crippen molar-refractivity contribution in [3.05, 3.63) is 68.9 Å². The van der Waals surface area contributed by atoms with Crippen molar-refractivity contribution in [1.29, 1.82) is 0 Å². The van der Waals surface area contributed by atoms with E-state index in [0.717, 1.165) is 51.0 Å². The topological polar surface area (TPSA) is 142 Å². The molecule has 0 saturated heterocycles. The molecule has 0 saturated carbocycles. The predicted octanol–water partition coefficient (Wildman–Crippen LogP) is 5.35. The molecule has 47 heavy (non-hydrogen) atoms. The third kappa shape index (κ3) is 13.9. The van der Waals surface area contributed by atoms with E-state index in [1.54, 1.807) is 18.2 Å². The minimum Gasteiger partial charge on any atom is -0.870 e. The molecule has 4 aromatic rings. The van der Waals surface area contributed by atoms with Crippen LogP contribution in [0, 0.1) is 0 Å². The average Bonchev–Trinajstić information content (AvgIpc) is 3.60. The number of fused-ring (bicyclic) bond motifs is 2. The first kappa shape index (κ1) is 45.7. The Morgan fingerprint density at radius 2 is 1.11 bits per heavy atom. The van der Waals surface area contributed by atoms with Crippen LogP contribution in [-0.4, -0.2) is 80.3 Å². The molecule has 2 aromatic heterocycles. The number of hydrogen-bond donors (Lipinski definition) is 2. The van der Waals surface area contributed by atoms with Gasteiger partial charge in [-0.1, -0.05) is 71.1 Å². The van der Waals surface area contributed by atoms with Crippen LogP contribution in [0.4, 0.5) is 0 Å². The van der Waals surface area contributed by atoms with Gasteiger partial charge in [0, 0.05) is 68.6 Å². The molecule has 4 rings (SSSR count). The molecule has 0 amide bonds. The van der Waals surface area contributed by atoms with Gasteiger partial charge in [0.1, 0.15) is 13.5 Å². The van der Waals surface area contributed by atoms with Crippen LogP contribution < -0.4 is 29.6 Å². The number of methoxy groups -OCH3 is 1. The second kappa shape index (κ2) is 21.0. The quantitative estimate of drug-likeness (QED) is 0.111. The largest absolute Gasteiger partial charge is 1.00 e. The van der Waals surface area contributed by atoms with Crippen molar-refractivity contribution in [3.8, 4) is 0 Å². The summed E-state index contributed by atoms with van der Waals surface area (Å²) in [4.78, 5) is 23.3. The molecule has 10 nitrogen and oxygen atoms in total. The van der Waals surface area contributed by atoms with Crippen molar-refractivity contribution < 1.29 is 69.0 Å². The van der Waals surface area contributed by atoms with Crippen molar-refractivity contribution in [1.82, 2.24) is 9.13 Å². The van der Waals surface area contributed by atoms with Gasteiger partial charge < -0.3 is 39.0 Å². The van der Waals surface area contributed by atoms with E-state index in [1.165, 1.54) is 7.11 Å². The molecule has 0 unspecified atom stereocenters. The number of aliphatic hydroxyl groups is 1. The van der Waals surface area contributed by atoms with E-state index in [2.05, 4.69) is 71.1 Å². The molecule has 0 radical (unpaired) electrons. The Morgan fingerprint density at radius 1 is 0.723 bits per heavy atom. The van der Waals surface area contributed by atoms with Crippen LogP contribution in [0.1, 0.15) is 20.7 Å². The summed E-state index contributed by atoms with van der Waals surface area (Å²) in [7, 11) is 0.198. The van der Waals surface area contributed by atoms with Crippen LogP contribution in [-0.2, 0) is 27.7 Å². The number of esters is 1. The number of benzene rings is 2. The molecule has 0 aliphatic carbocycles. The SMILES string of the molecule is CO.COC(=O)c1ccc(Br)c2ccn(COCC[Si](C)(C)C)c12.C[Si](C)(C)CCOCn1ccc2c(Br)ccc(C(=O)O)c21.[Na+].[OH-]. The molecular formula is C32H47Br2N2NaO8Si2. The van der Waals surface area contributed by atoms with Crippen molar-refractivity contribution >= 4 is 81.8 Å². The fraction of sp³-hybridized carbons (Fsp3) is 0.438. The standard InChI is InChI=1S/C16H22BrNO3Si.C15H20BrNO3Si.CH4O.Na.H2O/c1-20-16(19)13-5-6-14(17)12-7-8-18(15(12)13)11-21-9-10-22(2,3)4;1-21(2,3)9-8-20-10-17-7-6-11-13(16)5-4-12(14(11)17)15(18)19;1-2;;/h5-8H,9-11H2,1-4H3;4-7H,8-10H2,1-3H3,(H,18,19);2H,1H3;;1H2/q;;;+1;/p-1. The zero-order valence-electron chi connectivity index (χ0n) is 28.9. The van der Waals surface area contributed by atoms with E-state index >= 15 is 0 Å². The molecule has 0 fully saturated rings.